The van der Waals surface area contributed by atoms with E-state index in [0.29, 0.717) is 17.7 Å². The summed E-state index contributed by atoms with van der Waals surface area (Å²) in [5.74, 6) is 0.544. The van der Waals surface area contributed by atoms with Gasteiger partial charge in [0, 0.05) is 38.4 Å². The average molecular weight is 360 g/mol. The van der Waals surface area contributed by atoms with Crippen LogP contribution in [-0.2, 0) is 4.79 Å². The summed E-state index contributed by atoms with van der Waals surface area (Å²) in [7, 11) is 0. The number of hydrogen-bond acceptors (Lipinski definition) is 3. The van der Waals surface area contributed by atoms with Crippen LogP contribution in [0.5, 0.6) is 0 Å². The lowest BCUT2D eigenvalue weighted by Crippen LogP contribution is -2.44. The number of amides is 1. The van der Waals surface area contributed by atoms with Crippen molar-refractivity contribution in [1.29, 1.82) is 0 Å². The summed E-state index contributed by atoms with van der Waals surface area (Å²) >= 11 is 0. The lowest BCUT2D eigenvalue weighted by molar-refractivity contribution is -0.133. The maximum Gasteiger partial charge on any atom is 0.223 e. The van der Waals surface area contributed by atoms with Crippen LogP contribution >= 0.6 is 24.8 Å². The Kier molecular flexibility index (Phi) is 7.78. The minimum Gasteiger partial charge on any atom is -0.343 e. The summed E-state index contributed by atoms with van der Waals surface area (Å²) in [5, 5.41) is 3.47. The summed E-state index contributed by atoms with van der Waals surface area (Å²) in [6.07, 6.45) is 7.84. The van der Waals surface area contributed by atoms with E-state index >= 15 is 0 Å². The highest BCUT2D eigenvalue weighted by molar-refractivity contribution is 5.85. The molecular weight excluding hydrogens is 333 g/mol. The number of aromatic nitrogens is 1. The van der Waals surface area contributed by atoms with Gasteiger partial charge in [-0.05, 0) is 48.8 Å². The van der Waals surface area contributed by atoms with Gasteiger partial charge in [0.15, 0.2) is 0 Å². The fourth-order valence-corrected chi connectivity index (χ4v) is 3.63. The van der Waals surface area contributed by atoms with E-state index in [-0.39, 0.29) is 30.7 Å². The van der Waals surface area contributed by atoms with E-state index in [1.54, 1.807) is 6.20 Å². The summed E-state index contributed by atoms with van der Waals surface area (Å²) < 4.78 is 0. The highest BCUT2D eigenvalue weighted by Crippen LogP contribution is 2.37. The largest absolute Gasteiger partial charge is 0.343 e. The Balaban J connectivity index is 0.00000132. The minimum absolute atomic E-state index is 0. The van der Waals surface area contributed by atoms with Gasteiger partial charge in [-0.2, -0.15) is 0 Å². The number of carbonyl (C=O) groups is 1. The second-order valence-electron chi connectivity index (χ2n) is 6.70. The molecule has 2 saturated heterocycles. The van der Waals surface area contributed by atoms with Crippen LogP contribution in [0.1, 0.15) is 44.1 Å². The standard InChI is InChI=1S/C17H25N3O.2ClH/c1-14(15-3-2-7-18-12-15)11-16(21)20-9-5-17(6-10-20)4-8-19-13-17;;/h2-3,7,12,14,19H,4-6,8-11,13H2,1H3;2*1H. The number of carbonyl (C=O) groups excluding carboxylic acids is 1. The SMILES string of the molecule is CC(CC(=O)N1CCC2(CCNC2)CC1)c1cccnc1.Cl.Cl. The summed E-state index contributed by atoms with van der Waals surface area (Å²) in [5.41, 5.74) is 1.63. The Labute approximate surface area is 151 Å². The molecule has 0 aromatic carbocycles. The summed E-state index contributed by atoms with van der Waals surface area (Å²) in [4.78, 5) is 18.7. The predicted molar refractivity (Wildman–Crippen MR) is 97.5 cm³/mol. The molecule has 2 aliphatic heterocycles. The molecule has 4 nitrogen and oxygen atoms in total. The van der Waals surface area contributed by atoms with Gasteiger partial charge in [0.1, 0.15) is 0 Å². The molecule has 1 spiro atoms. The number of nitrogens with one attached hydrogen (secondary N) is 1. The molecule has 2 aliphatic rings. The maximum atomic E-state index is 12.5. The van der Waals surface area contributed by atoms with Crippen molar-refractivity contribution >= 4 is 30.7 Å². The van der Waals surface area contributed by atoms with E-state index in [4.69, 9.17) is 0 Å². The van der Waals surface area contributed by atoms with Crippen molar-refractivity contribution in [2.24, 2.45) is 5.41 Å². The van der Waals surface area contributed by atoms with Crippen molar-refractivity contribution in [3.05, 3.63) is 30.1 Å². The van der Waals surface area contributed by atoms with Crippen molar-refractivity contribution in [2.75, 3.05) is 26.2 Å². The second kappa shape index (κ2) is 8.86. The van der Waals surface area contributed by atoms with Crippen molar-refractivity contribution < 1.29 is 4.79 Å². The van der Waals surface area contributed by atoms with Gasteiger partial charge >= 0.3 is 0 Å². The van der Waals surface area contributed by atoms with Crippen LogP contribution in [0.2, 0.25) is 0 Å². The number of hydrogen-bond donors (Lipinski definition) is 1. The molecule has 1 aromatic heterocycles. The van der Waals surface area contributed by atoms with Gasteiger partial charge in [0.2, 0.25) is 5.91 Å². The lowest BCUT2D eigenvalue weighted by atomic mass is 9.77. The molecule has 3 heterocycles. The monoisotopic (exact) mass is 359 g/mol. The zero-order valence-electron chi connectivity index (χ0n) is 13.7. The normalized spacial score (nSPS) is 20.5. The first kappa shape index (κ1) is 20.2. The minimum atomic E-state index is 0. The lowest BCUT2D eigenvalue weighted by Gasteiger charge is -2.39. The molecule has 2 fully saturated rings. The third-order valence-electron chi connectivity index (χ3n) is 5.24. The molecule has 3 rings (SSSR count). The first-order valence-corrected chi connectivity index (χ1v) is 8.07. The molecule has 0 saturated carbocycles. The number of halogens is 2. The van der Waals surface area contributed by atoms with Crippen LogP contribution in [0.4, 0.5) is 0 Å². The highest BCUT2D eigenvalue weighted by Gasteiger charge is 2.38. The summed E-state index contributed by atoms with van der Waals surface area (Å²) in [6.45, 7) is 6.26. The Morgan fingerprint density at radius 1 is 1.35 bits per heavy atom. The molecule has 130 valence electrons. The average Bonchev–Trinajstić information content (AvgIpc) is 2.97. The number of likely N-dealkylation sites (tertiary alicyclic amines) is 1. The second-order valence-corrected chi connectivity index (χ2v) is 6.70. The third-order valence-corrected chi connectivity index (χ3v) is 5.24. The van der Waals surface area contributed by atoms with Gasteiger partial charge in [0.05, 0.1) is 0 Å². The number of pyridine rings is 1. The molecule has 0 bridgehead atoms. The van der Waals surface area contributed by atoms with Crippen molar-refractivity contribution in [3.8, 4) is 0 Å². The van der Waals surface area contributed by atoms with Gasteiger partial charge in [0.25, 0.3) is 0 Å². The maximum absolute atomic E-state index is 12.5. The van der Waals surface area contributed by atoms with Crippen molar-refractivity contribution in [1.82, 2.24) is 15.2 Å². The van der Waals surface area contributed by atoms with Gasteiger partial charge in [-0.3, -0.25) is 9.78 Å². The molecule has 6 heteroatoms. The quantitative estimate of drug-likeness (QED) is 0.901. The van der Waals surface area contributed by atoms with Crippen LogP contribution in [0, 0.1) is 5.41 Å². The van der Waals surface area contributed by atoms with E-state index in [0.717, 1.165) is 44.6 Å². The van der Waals surface area contributed by atoms with Crippen LogP contribution in [-0.4, -0.2) is 42.0 Å². The molecule has 23 heavy (non-hydrogen) atoms. The van der Waals surface area contributed by atoms with Crippen molar-refractivity contribution in [3.63, 3.8) is 0 Å². The third kappa shape index (κ3) is 4.82. The van der Waals surface area contributed by atoms with Crippen molar-refractivity contribution in [2.45, 2.75) is 38.5 Å². The van der Waals surface area contributed by atoms with Crippen LogP contribution in [0.25, 0.3) is 0 Å². The van der Waals surface area contributed by atoms with Gasteiger partial charge in [-0.25, -0.2) is 0 Å². The van der Waals surface area contributed by atoms with E-state index in [2.05, 4.69) is 28.2 Å². The summed E-state index contributed by atoms with van der Waals surface area (Å²) in [6, 6.07) is 3.99. The van der Waals surface area contributed by atoms with E-state index < -0.39 is 0 Å². The Hall–Kier alpha value is -0.840. The van der Waals surface area contributed by atoms with E-state index in [9.17, 15) is 4.79 Å². The van der Waals surface area contributed by atoms with Gasteiger partial charge in [-0.15, -0.1) is 24.8 Å². The zero-order chi connectivity index (χ0) is 14.7. The Bertz CT molecular complexity index is 482. The molecule has 0 aliphatic carbocycles. The predicted octanol–water partition coefficient (Wildman–Crippen LogP) is 3.02. The fraction of sp³-hybridized carbons (Fsp3) is 0.647. The molecule has 1 N–H and O–H groups in total. The number of nitrogens with zero attached hydrogens (tertiary/aromatic N) is 2. The number of piperidine rings is 1. The molecule has 1 unspecified atom stereocenters. The first-order chi connectivity index (χ1) is 10.2. The Morgan fingerprint density at radius 2 is 2.09 bits per heavy atom. The number of rotatable bonds is 3. The van der Waals surface area contributed by atoms with E-state index in [1.807, 2.05) is 12.3 Å². The molecule has 0 radical (unpaired) electrons. The van der Waals surface area contributed by atoms with E-state index in [1.165, 1.54) is 6.42 Å². The van der Waals surface area contributed by atoms with Gasteiger partial charge in [-0.1, -0.05) is 13.0 Å². The van der Waals surface area contributed by atoms with Gasteiger partial charge < -0.3 is 10.2 Å². The zero-order valence-corrected chi connectivity index (χ0v) is 15.3. The van der Waals surface area contributed by atoms with Crippen LogP contribution < -0.4 is 5.32 Å². The molecular formula is C17H27Cl2N3O. The van der Waals surface area contributed by atoms with Crippen LogP contribution in [0.3, 0.4) is 0 Å². The Morgan fingerprint density at radius 3 is 2.65 bits per heavy atom. The smallest absolute Gasteiger partial charge is 0.223 e. The molecule has 1 atom stereocenters. The molecule has 1 aromatic rings. The van der Waals surface area contributed by atoms with Crippen LogP contribution in [0.15, 0.2) is 24.5 Å². The molecule has 1 amide bonds. The fourth-order valence-electron chi connectivity index (χ4n) is 3.63. The topological polar surface area (TPSA) is 45.2 Å². The highest BCUT2D eigenvalue weighted by atomic mass is 35.5. The first-order valence-electron chi connectivity index (χ1n) is 8.07.